The molecule has 0 amide bonds. The summed E-state index contributed by atoms with van der Waals surface area (Å²) in [4.78, 5) is 19.8. The number of carbonyl (C=O) groups is 1. The minimum atomic E-state index is -1.27. The van der Waals surface area contributed by atoms with Crippen molar-refractivity contribution >= 4 is 5.78 Å². The van der Waals surface area contributed by atoms with Gasteiger partial charge in [0.25, 0.3) is 0 Å². The predicted molar refractivity (Wildman–Crippen MR) is 111 cm³/mol. The topological polar surface area (TPSA) is 68.0 Å². The van der Waals surface area contributed by atoms with Gasteiger partial charge in [-0.3, -0.25) is 9.78 Å². The fraction of sp³-hybridized carbons (Fsp3) is 0.125. The van der Waals surface area contributed by atoms with Gasteiger partial charge in [-0.05, 0) is 41.3 Å². The lowest BCUT2D eigenvalue weighted by molar-refractivity contribution is 0.0611. The monoisotopic (exact) mass is 383 g/mol. The third-order valence-electron chi connectivity index (χ3n) is 5.12. The zero-order chi connectivity index (χ0) is 20.3. The fourth-order valence-corrected chi connectivity index (χ4v) is 3.46. The van der Waals surface area contributed by atoms with E-state index in [4.69, 9.17) is 0 Å². The summed E-state index contributed by atoms with van der Waals surface area (Å²) in [6, 6.07) is 18.9. The van der Waals surface area contributed by atoms with Crippen molar-refractivity contribution in [3.05, 3.63) is 108 Å². The summed E-state index contributed by atoms with van der Waals surface area (Å²) in [5, 5.41) is 11.8. The van der Waals surface area contributed by atoms with Gasteiger partial charge in [-0.2, -0.15) is 0 Å². The van der Waals surface area contributed by atoms with Crippen LogP contribution < -0.4 is 0 Å². The molecular formula is C24H21N3O2. The zero-order valence-electron chi connectivity index (χ0n) is 16.1. The number of aliphatic hydroxyl groups is 1. The Kier molecular flexibility index (Phi) is 5.06. The number of ketones is 1. The Morgan fingerprint density at radius 3 is 2.00 bits per heavy atom. The number of imidazole rings is 1. The van der Waals surface area contributed by atoms with Crippen molar-refractivity contribution < 1.29 is 9.90 Å². The summed E-state index contributed by atoms with van der Waals surface area (Å²) in [7, 11) is 0. The Balaban J connectivity index is 1.74. The molecule has 29 heavy (non-hydrogen) atoms. The summed E-state index contributed by atoms with van der Waals surface area (Å²) in [6.45, 7) is 1.84. The van der Waals surface area contributed by atoms with Crippen LogP contribution in [0.5, 0.6) is 0 Å². The first-order valence-electron chi connectivity index (χ1n) is 9.37. The number of Topliss-reactive ketones (excluding diaryl/α,β-unsaturated/α-hetero) is 1. The number of hydrogen-bond acceptors (Lipinski definition) is 4. The van der Waals surface area contributed by atoms with Crippen molar-refractivity contribution in [3.8, 4) is 11.1 Å². The molecule has 0 aliphatic heterocycles. The van der Waals surface area contributed by atoms with Gasteiger partial charge in [0.1, 0.15) is 5.60 Å². The van der Waals surface area contributed by atoms with Crippen molar-refractivity contribution in [2.75, 3.05) is 0 Å². The first-order chi connectivity index (χ1) is 14.1. The van der Waals surface area contributed by atoms with E-state index in [0.717, 1.165) is 16.7 Å². The van der Waals surface area contributed by atoms with E-state index in [-0.39, 0.29) is 5.78 Å². The van der Waals surface area contributed by atoms with Gasteiger partial charge in [0.2, 0.25) is 0 Å². The molecule has 0 radical (unpaired) electrons. The molecule has 0 saturated carbocycles. The highest BCUT2D eigenvalue weighted by Crippen LogP contribution is 2.33. The number of aromatic nitrogens is 3. The second kappa shape index (κ2) is 7.81. The molecule has 0 spiro atoms. The second-order valence-corrected chi connectivity index (χ2v) is 7.04. The van der Waals surface area contributed by atoms with Gasteiger partial charge in [-0.1, -0.05) is 48.5 Å². The van der Waals surface area contributed by atoms with Gasteiger partial charge in [-0.25, -0.2) is 4.98 Å². The van der Waals surface area contributed by atoms with Crippen LogP contribution in [0.1, 0.15) is 28.4 Å². The van der Waals surface area contributed by atoms with Crippen LogP contribution in [0.15, 0.2) is 91.8 Å². The lowest BCUT2D eigenvalue weighted by Crippen LogP contribution is -2.32. The number of hydrogen-bond donors (Lipinski definition) is 1. The van der Waals surface area contributed by atoms with Crippen molar-refractivity contribution in [2.24, 2.45) is 0 Å². The number of benzene rings is 2. The van der Waals surface area contributed by atoms with Crippen LogP contribution in [0.25, 0.3) is 11.1 Å². The van der Waals surface area contributed by atoms with Gasteiger partial charge >= 0.3 is 0 Å². The summed E-state index contributed by atoms with van der Waals surface area (Å²) >= 11 is 0. The molecule has 4 rings (SSSR count). The second-order valence-electron chi connectivity index (χ2n) is 7.04. The van der Waals surface area contributed by atoms with Crippen LogP contribution in [0, 0.1) is 0 Å². The van der Waals surface area contributed by atoms with Gasteiger partial charge in [0.05, 0.1) is 12.9 Å². The van der Waals surface area contributed by atoms with E-state index in [2.05, 4.69) is 9.97 Å². The third-order valence-corrected chi connectivity index (χ3v) is 5.12. The Labute approximate surface area is 169 Å². The van der Waals surface area contributed by atoms with Gasteiger partial charge in [-0.15, -0.1) is 0 Å². The van der Waals surface area contributed by atoms with Crippen LogP contribution in [0.2, 0.25) is 0 Å². The van der Waals surface area contributed by atoms with Gasteiger partial charge in [0, 0.05) is 30.4 Å². The molecule has 1 unspecified atom stereocenters. The minimum Gasteiger partial charge on any atom is -0.378 e. The van der Waals surface area contributed by atoms with Crippen LogP contribution in [-0.2, 0) is 12.1 Å². The molecule has 4 aromatic rings. The van der Waals surface area contributed by atoms with Crippen LogP contribution in [0.4, 0.5) is 0 Å². The predicted octanol–water partition coefficient (Wildman–Crippen LogP) is 4.08. The minimum absolute atomic E-state index is 0.00333. The molecule has 2 aromatic heterocycles. The largest absolute Gasteiger partial charge is 0.378 e. The normalized spacial score (nSPS) is 13.0. The number of pyridine rings is 1. The van der Waals surface area contributed by atoms with E-state index in [1.165, 1.54) is 6.92 Å². The average molecular weight is 383 g/mol. The van der Waals surface area contributed by atoms with E-state index in [1.54, 1.807) is 37.1 Å². The molecule has 5 heteroatoms. The van der Waals surface area contributed by atoms with Crippen LogP contribution >= 0.6 is 0 Å². The molecule has 2 heterocycles. The molecule has 0 bridgehead atoms. The van der Waals surface area contributed by atoms with E-state index in [0.29, 0.717) is 17.7 Å². The molecule has 1 atom stereocenters. The molecule has 144 valence electrons. The summed E-state index contributed by atoms with van der Waals surface area (Å²) < 4.78 is 1.84. The van der Waals surface area contributed by atoms with Crippen molar-refractivity contribution in [2.45, 2.75) is 19.1 Å². The number of rotatable bonds is 6. The SMILES string of the molecule is CC(=O)c1ccc(C(O)(Cn2ccnc2)c2ccc(-c3ccncc3)cc2)cc1. The Bertz CT molecular complexity index is 1090. The standard InChI is InChI=1S/C24H21N3O2/c1-18(28)19-2-6-22(7-3-19)24(29,16-27-15-14-26-17-27)23-8-4-20(5-9-23)21-10-12-25-13-11-21/h2-15,17,29H,16H2,1H3. The molecular weight excluding hydrogens is 362 g/mol. The number of carbonyl (C=O) groups excluding carboxylic acids is 1. The average Bonchev–Trinajstić information content (AvgIpc) is 3.27. The van der Waals surface area contributed by atoms with E-state index < -0.39 is 5.60 Å². The van der Waals surface area contributed by atoms with Crippen molar-refractivity contribution in [3.63, 3.8) is 0 Å². The van der Waals surface area contributed by atoms with Crippen LogP contribution in [-0.4, -0.2) is 25.4 Å². The quantitative estimate of drug-likeness (QED) is 0.509. The maximum absolute atomic E-state index is 11.8. The first kappa shape index (κ1) is 18.8. The maximum atomic E-state index is 11.8. The van der Waals surface area contributed by atoms with Crippen molar-refractivity contribution in [1.82, 2.24) is 14.5 Å². The molecule has 0 fully saturated rings. The zero-order valence-corrected chi connectivity index (χ0v) is 16.1. The molecule has 0 aliphatic rings. The Morgan fingerprint density at radius 2 is 1.45 bits per heavy atom. The lowest BCUT2D eigenvalue weighted by atomic mass is 9.85. The Hall–Kier alpha value is -3.57. The summed E-state index contributed by atoms with van der Waals surface area (Å²) in [5.74, 6) is -0.00333. The Morgan fingerprint density at radius 1 is 0.862 bits per heavy atom. The van der Waals surface area contributed by atoms with Crippen molar-refractivity contribution in [1.29, 1.82) is 0 Å². The van der Waals surface area contributed by atoms with Crippen LogP contribution in [0.3, 0.4) is 0 Å². The van der Waals surface area contributed by atoms with E-state index in [1.807, 2.05) is 59.3 Å². The fourth-order valence-electron chi connectivity index (χ4n) is 3.46. The maximum Gasteiger partial charge on any atom is 0.159 e. The highest BCUT2D eigenvalue weighted by molar-refractivity contribution is 5.94. The highest BCUT2D eigenvalue weighted by atomic mass is 16.3. The smallest absolute Gasteiger partial charge is 0.159 e. The summed E-state index contributed by atoms with van der Waals surface area (Å²) in [5.41, 5.74) is 2.94. The lowest BCUT2D eigenvalue weighted by Gasteiger charge is -2.30. The summed E-state index contributed by atoms with van der Waals surface area (Å²) in [6.07, 6.45) is 8.71. The first-order valence-corrected chi connectivity index (χ1v) is 9.37. The molecule has 5 nitrogen and oxygen atoms in total. The highest BCUT2D eigenvalue weighted by Gasteiger charge is 2.32. The molecule has 0 aliphatic carbocycles. The van der Waals surface area contributed by atoms with Gasteiger partial charge in [0.15, 0.2) is 5.78 Å². The molecule has 2 aromatic carbocycles. The van der Waals surface area contributed by atoms with E-state index >= 15 is 0 Å². The number of nitrogens with zero attached hydrogens (tertiary/aromatic N) is 3. The third kappa shape index (κ3) is 3.86. The molecule has 0 saturated heterocycles. The molecule has 1 N–H and O–H groups in total. The van der Waals surface area contributed by atoms with Gasteiger partial charge < -0.3 is 9.67 Å². The van der Waals surface area contributed by atoms with E-state index in [9.17, 15) is 9.90 Å².